The van der Waals surface area contributed by atoms with Gasteiger partial charge in [-0.3, -0.25) is 9.59 Å². The Kier molecular flexibility index (Phi) is 6.47. The molecule has 1 N–H and O–H groups in total. The van der Waals surface area contributed by atoms with E-state index >= 15 is 0 Å². The standard InChI is InChI=1S/C14H15ClFNO5S2/c15-9-1-2-12(11(16)5-9)17-13(18)6-22-14(19)7-23-10-3-4-24(20,21)8-10/h1-2,5,10H,3-4,6-8H2,(H,17,18)/t10-/m0/s1. The number of anilines is 1. The summed E-state index contributed by atoms with van der Waals surface area (Å²) >= 11 is 6.79. The predicted octanol–water partition coefficient (Wildman–Crippen LogP) is 1.88. The molecule has 0 spiro atoms. The first-order valence-corrected chi connectivity index (χ1v) is 10.2. The van der Waals surface area contributed by atoms with Crippen LogP contribution in [0.5, 0.6) is 0 Å². The lowest BCUT2D eigenvalue weighted by atomic mass is 10.3. The molecule has 24 heavy (non-hydrogen) atoms. The van der Waals surface area contributed by atoms with Crippen molar-refractivity contribution in [1.82, 2.24) is 0 Å². The maximum absolute atomic E-state index is 13.5. The number of rotatable bonds is 6. The van der Waals surface area contributed by atoms with E-state index in [-0.39, 0.29) is 33.2 Å². The number of carbonyl (C=O) groups is 2. The number of nitrogens with one attached hydrogen (secondary N) is 1. The van der Waals surface area contributed by atoms with E-state index in [0.717, 1.165) is 6.07 Å². The highest BCUT2D eigenvalue weighted by Gasteiger charge is 2.28. The molecule has 6 nitrogen and oxygen atoms in total. The van der Waals surface area contributed by atoms with Crippen molar-refractivity contribution in [3.05, 3.63) is 29.0 Å². The number of sulfone groups is 1. The van der Waals surface area contributed by atoms with Gasteiger partial charge in [0, 0.05) is 10.3 Å². The van der Waals surface area contributed by atoms with Crippen LogP contribution in [0.1, 0.15) is 6.42 Å². The third-order valence-electron chi connectivity index (χ3n) is 3.20. The molecule has 0 aliphatic carbocycles. The zero-order chi connectivity index (χ0) is 17.7. The summed E-state index contributed by atoms with van der Waals surface area (Å²) in [4.78, 5) is 23.2. The number of benzene rings is 1. The largest absolute Gasteiger partial charge is 0.455 e. The summed E-state index contributed by atoms with van der Waals surface area (Å²) in [6.45, 7) is -0.551. The Balaban J connectivity index is 1.70. The summed E-state index contributed by atoms with van der Waals surface area (Å²) in [5.41, 5.74) is -0.0639. The molecular formula is C14H15ClFNO5S2. The van der Waals surface area contributed by atoms with Crippen molar-refractivity contribution in [2.24, 2.45) is 0 Å². The monoisotopic (exact) mass is 395 g/mol. The number of carbonyl (C=O) groups excluding carboxylic acids is 2. The second-order valence-corrected chi connectivity index (χ2v) is 9.12. The lowest BCUT2D eigenvalue weighted by molar-refractivity contribution is -0.144. The van der Waals surface area contributed by atoms with E-state index in [0.29, 0.717) is 6.42 Å². The molecule has 1 aliphatic heterocycles. The van der Waals surface area contributed by atoms with Gasteiger partial charge in [-0.1, -0.05) is 11.6 Å². The van der Waals surface area contributed by atoms with Crippen molar-refractivity contribution in [2.45, 2.75) is 11.7 Å². The third-order valence-corrected chi connectivity index (χ3v) is 6.69. The summed E-state index contributed by atoms with van der Waals surface area (Å²) in [7, 11) is -2.99. The summed E-state index contributed by atoms with van der Waals surface area (Å²) in [6, 6.07) is 3.77. The van der Waals surface area contributed by atoms with Gasteiger partial charge in [-0.25, -0.2) is 12.8 Å². The van der Waals surface area contributed by atoms with Crippen molar-refractivity contribution >= 4 is 50.8 Å². The molecule has 0 saturated carbocycles. The Labute approximate surface area is 148 Å². The lowest BCUT2D eigenvalue weighted by Crippen LogP contribution is -2.22. The Hall–Kier alpha value is -1.32. The molecule has 0 radical (unpaired) electrons. The third kappa shape index (κ3) is 5.95. The fraction of sp³-hybridized carbons (Fsp3) is 0.429. The topological polar surface area (TPSA) is 89.5 Å². The fourth-order valence-corrected chi connectivity index (χ4v) is 5.64. The lowest BCUT2D eigenvalue weighted by Gasteiger charge is -2.09. The van der Waals surface area contributed by atoms with Crippen LogP contribution in [0.15, 0.2) is 18.2 Å². The Morgan fingerprint density at radius 1 is 1.42 bits per heavy atom. The summed E-state index contributed by atoms with van der Waals surface area (Å²) < 4.78 is 40.9. The number of ether oxygens (including phenoxy) is 1. The quantitative estimate of drug-likeness (QED) is 0.740. The van der Waals surface area contributed by atoms with Gasteiger partial charge in [-0.2, -0.15) is 0 Å². The van der Waals surface area contributed by atoms with Gasteiger partial charge in [0.15, 0.2) is 16.4 Å². The van der Waals surface area contributed by atoms with Crippen LogP contribution >= 0.6 is 23.4 Å². The van der Waals surface area contributed by atoms with Crippen LogP contribution in [-0.2, 0) is 24.2 Å². The van der Waals surface area contributed by atoms with Gasteiger partial charge in [-0.05, 0) is 24.6 Å². The number of amides is 1. The van der Waals surface area contributed by atoms with Gasteiger partial charge >= 0.3 is 5.97 Å². The van der Waals surface area contributed by atoms with Gasteiger partial charge in [0.2, 0.25) is 0 Å². The molecule has 0 bridgehead atoms. The number of hydrogen-bond acceptors (Lipinski definition) is 6. The van der Waals surface area contributed by atoms with Crippen LogP contribution in [0.3, 0.4) is 0 Å². The van der Waals surface area contributed by atoms with Crippen LogP contribution < -0.4 is 5.32 Å². The van der Waals surface area contributed by atoms with Crippen LogP contribution in [-0.4, -0.2) is 49.4 Å². The molecule has 1 aromatic rings. The van der Waals surface area contributed by atoms with E-state index in [9.17, 15) is 22.4 Å². The van der Waals surface area contributed by atoms with Gasteiger partial charge in [0.05, 0.1) is 22.9 Å². The first-order chi connectivity index (χ1) is 11.2. The van der Waals surface area contributed by atoms with Crippen molar-refractivity contribution in [1.29, 1.82) is 0 Å². The zero-order valence-electron chi connectivity index (χ0n) is 12.5. The van der Waals surface area contributed by atoms with Gasteiger partial charge in [0.25, 0.3) is 5.91 Å². The Morgan fingerprint density at radius 2 is 2.17 bits per heavy atom. The van der Waals surface area contributed by atoms with Crippen LogP contribution in [0.2, 0.25) is 5.02 Å². The van der Waals surface area contributed by atoms with Crippen LogP contribution in [0.4, 0.5) is 10.1 Å². The molecule has 2 rings (SSSR count). The molecule has 1 atom stereocenters. The normalized spacial score (nSPS) is 19.0. The maximum Gasteiger partial charge on any atom is 0.316 e. The van der Waals surface area contributed by atoms with Gasteiger partial charge < -0.3 is 10.1 Å². The smallest absolute Gasteiger partial charge is 0.316 e. The zero-order valence-corrected chi connectivity index (χ0v) is 14.8. The van der Waals surface area contributed by atoms with Gasteiger partial charge in [-0.15, -0.1) is 11.8 Å². The highest BCUT2D eigenvalue weighted by molar-refractivity contribution is 8.02. The number of thioether (sulfide) groups is 1. The van der Waals surface area contributed by atoms with E-state index in [1.54, 1.807) is 0 Å². The van der Waals surface area contributed by atoms with Crippen molar-refractivity contribution in [3.63, 3.8) is 0 Å². The Bertz CT molecular complexity index is 741. The second-order valence-electron chi connectivity index (χ2n) is 5.17. The average Bonchev–Trinajstić information content (AvgIpc) is 2.85. The maximum atomic E-state index is 13.5. The van der Waals surface area contributed by atoms with Crippen molar-refractivity contribution < 1.29 is 27.1 Å². The Morgan fingerprint density at radius 3 is 2.79 bits per heavy atom. The van der Waals surface area contributed by atoms with Crippen molar-refractivity contribution in [2.75, 3.05) is 29.2 Å². The van der Waals surface area contributed by atoms with Crippen molar-refractivity contribution in [3.8, 4) is 0 Å². The molecule has 0 unspecified atom stereocenters. The summed E-state index contributed by atoms with van der Waals surface area (Å²) in [5, 5.41) is 2.34. The summed E-state index contributed by atoms with van der Waals surface area (Å²) in [5.74, 6) is -1.85. The molecule has 1 aliphatic rings. The second kappa shape index (κ2) is 8.17. The molecule has 1 fully saturated rings. The summed E-state index contributed by atoms with van der Waals surface area (Å²) in [6.07, 6.45) is 0.511. The number of hydrogen-bond donors (Lipinski definition) is 1. The first kappa shape index (κ1) is 19.0. The van der Waals surface area contributed by atoms with E-state index < -0.39 is 34.1 Å². The fourth-order valence-electron chi connectivity index (χ4n) is 2.04. The molecule has 10 heteroatoms. The highest BCUT2D eigenvalue weighted by Crippen LogP contribution is 2.24. The van der Waals surface area contributed by atoms with Crippen LogP contribution in [0.25, 0.3) is 0 Å². The minimum Gasteiger partial charge on any atom is -0.455 e. The molecule has 1 heterocycles. The minimum absolute atomic E-state index is 0.0389. The molecule has 1 saturated heterocycles. The average molecular weight is 396 g/mol. The first-order valence-electron chi connectivity index (χ1n) is 6.98. The van der Waals surface area contributed by atoms with E-state index in [1.807, 2.05) is 0 Å². The SMILES string of the molecule is O=C(COC(=O)CS[C@H]1CCS(=O)(=O)C1)Nc1ccc(Cl)cc1F. The number of halogens is 2. The van der Waals surface area contributed by atoms with Gasteiger partial charge in [0.1, 0.15) is 5.82 Å². The highest BCUT2D eigenvalue weighted by atomic mass is 35.5. The minimum atomic E-state index is -2.99. The molecule has 1 aromatic carbocycles. The van der Waals surface area contributed by atoms with E-state index in [1.165, 1.54) is 23.9 Å². The molecule has 0 aromatic heterocycles. The van der Waals surface area contributed by atoms with E-state index in [4.69, 9.17) is 16.3 Å². The molecular weight excluding hydrogens is 381 g/mol. The molecule has 132 valence electrons. The van der Waals surface area contributed by atoms with Crippen LogP contribution in [0, 0.1) is 5.82 Å². The molecule has 1 amide bonds. The number of esters is 1. The predicted molar refractivity (Wildman–Crippen MR) is 90.5 cm³/mol. The van der Waals surface area contributed by atoms with E-state index in [2.05, 4.69) is 5.32 Å².